The summed E-state index contributed by atoms with van der Waals surface area (Å²) >= 11 is 0. The molecule has 0 atom stereocenters. The van der Waals surface area contributed by atoms with Gasteiger partial charge in [0.05, 0.1) is 4.90 Å². The van der Waals surface area contributed by atoms with E-state index in [1.54, 1.807) is 13.8 Å². The summed E-state index contributed by atoms with van der Waals surface area (Å²) in [7, 11) is -3.85. The van der Waals surface area contributed by atoms with Crippen LogP contribution in [0.5, 0.6) is 0 Å². The maximum absolute atomic E-state index is 11.9. The number of anilines is 1. The molecule has 6 nitrogen and oxygen atoms in total. The van der Waals surface area contributed by atoms with Crippen LogP contribution in [0.2, 0.25) is 0 Å². The quantitative estimate of drug-likeness (QED) is 0.898. The lowest BCUT2D eigenvalue weighted by Gasteiger charge is -2.13. The van der Waals surface area contributed by atoms with Gasteiger partial charge in [0.2, 0.25) is 10.0 Å². The molecule has 0 saturated carbocycles. The first-order valence-electron chi connectivity index (χ1n) is 6.89. The van der Waals surface area contributed by atoms with Gasteiger partial charge < -0.3 is 4.74 Å². The van der Waals surface area contributed by atoms with E-state index in [0.717, 1.165) is 11.1 Å². The van der Waals surface area contributed by atoms with Gasteiger partial charge in [-0.05, 0) is 42.7 Å². The van der Waals surface area contributed by atoms with Gasteiger partial charge in [-0.15, -0.1) is 0 Å². The zero-order valence-corrected chi connectivity index (χ0v) is 13.7. The van der Waals surface area contributed by atoms with E-state index in [1.807, 2.05) is 30.3 Å². The van der Waals surface area contributed by atoms with Crippen molar-refractivity contribution in [3.8, 4) is 0 Å². The molecule has 122 valence electrons. The molecule has 0 aromatic heterocycles. The number of carbonyl (C=O) groups excluding carboxylic acids is 1. The molecule has 23 heavy (non-hydrogen) atoms. The van der Waals surface area contributed by atoms with E-state index >= 15 is 0 Å². The number of nitrogens with one attached hydrogen (secondary N) is 1. The van der Waals surface area contributed by atoms with Crippen molar-refractivity contribution >= 4 is 21.8 Å². The first kappa shape index (κ1) is 17.0. The third kappa shape index (κ3) is 4.54. The lowest BCUT2D eigenvalue weighted by molar-refractivity contribution is 0.155. The number of benzene rings is 2. The second kappa shape index (κ2) is 6.80. The number of hydrogen-bond acceptors (Lipinski definition) is 4. The highest BCUT2D eigenvalue weighted by molar-refractivity contribution is 7.89. The second-order valence-electron chi connectivity index (χ2n) is 5.14. The van der Waals surface area contributed by atoms with Crippen molar-refractivity contribution in [3.05, 3.63) is 59.2 Å². The summed E-state index contributed by atoms with van der Waals surface area (Å²) in [5, 5.41) is 7.69. The van der Waals surface area contributed by atoms with Crippen LogP contribution in [0.15, 0.2) is 47.4 Å². The molecular formula is C16H18N2O4S. The molecule has 2 aromatic carbocycles. The van der Waals surface area contributed by atoms with Gasteiger partial charge in [0.25, 0.3) is 0 Å². The van der Waals surface area contributed by atoms with Crippen LogP contribution in [0, 0.1) is 13.8 Å². The van der Waals surface area contributed by atoms with Crippen molar-refractivity contribution in [3.63, 3.8) is 0 Å². The molecule has 0 heterocycles. The fourth-order valence-corrected chi connectivity index (χ4v) is 2.61. The molecule has 2 rings (SSSR count). The Labute approximate surface area is 135 Å². The van der Waals surface area contributed by atoms with Crippen LogP contribution in [0.3, 0.4) is 0 Å². The summed E-state index contributed by atoms with van der Waals surface area (Å²) < 4.78 is 28.1. The Kier molecular flexibility index (Phi) is 5.02. The lowest BCUT2D eigenvalue weighted by atomic mass is 10.1. The van der Waals surface area contributed by atoms with Gasteiger partial charge in [-0.1, -0.05) is 30.3 Å². The van der Waals surface area contributed by atoms with Crippen LogP contribution in [0.1, 0.15) is 16.7 Å². The van der Waals surface area contributed by atoms with Crippen molar-refractivity contribution in [2.24, 2.45) is 5.14 Å². The minimum atomic E-state index is -3.85. The van der Waals surface area contributed by atoms with Gasteiger partial charge in [0, 0.05) is 5.69 Å². The van der Waals surface area contributed by atoms with Crippen molar-refractivity contribution in [1.29, 1.82) is 0 Å². The Hall–Kier alpha value is -2.38. The number of primary sulfonamides is 1. The molecule has 0 saturated heterocycles. The molecule has 7 heteroatoms. The third-order valence-corrected chi connectivity index (χ3v) is 4.31. The number of ether oxygens (including phenoxy) is 1. The van der Waals surface area contributed by atoms with E-state index in [-0.39, 0.29) is 11.5 Å². The maximum Gasteiger partial charge on any atom is 0.411 e. The van der Waals surface area contributed by atoms with E-state index in [2.05, 4.69) is 5.32 Å². The Morgan fingerprint density at radius 2 is 1.83 bits per heavy atom. The molecule has 0 spiro atoms. The van der Waals surface area contributed by atoms with Crippen molar-refractivity contribution in [2.75, 3.05) is 5.32 Å². The van der Waals surface area contributed by atoms with Crippen LogP contribution in [-0.4, -0.2) is 14.5 Å². The van der Waals surface area contributed by atoms with Crippen LogP contribution in [-0.2, 0) is 21.4 Å². The highest BCUT2D eigenvalue weighted by atomic mass is 32.2. The van der Waals surface area contributed by atoms with Crippen molar-refractivity contribution in [2.45, 2.75) is 25.3 Å². The summed E-state index contributed by atoms with van der Waals surface area (Å²) in [4.78, 5) is 11.8. The van der Waals surface area contributed by atoms with E-state index in [9.17, 15) is 13.2 Å². The number of hydrogen-bond donors (Lipinski definition) is 2. The first-order chi connectivity index (χ1) is 10.8. The van der Waals surface area contributed by atoms with Crippen LogP contribution in [0.4, 0.5) is 10.5 Å². The van der Waals surface area contributed by atoms with Gasteiger partial charge in [0.15, 0.2) is 0 Å². The maximum atomic E-state index is 11.9. The Balaban J connectivity index is 2.13. The van der Waals surface area contributed by atoms with Gasteiger partial charge in [-0.2, -0.15) is 0 Å². The summed E-state index contributed by atoms with van der Waals surface area (Å²) in [5.74, 6) is 0. The van der Waals surface area contributed by atoms with Crippen LogP contribution < -0.4 is 10.5 Å². The number of amides is 1. The topological polar surface area (TPSA) is 98.5 Å². The molecular weight excluding hydrogens is 316 g/mol. The van der Waals surface area contributed by atoms with Gasteiger partial charge in [0.1, 0.15) is 6.61 Å². The molecule has 0 aliphatic rings. The van der Waals surface area contributed by atoms with Crippen LogP contribution >= 0.6 is 0 Å². The van der Waals surface area contributed by atoms with E-state index in [0.29, 0.717) is 11.3 Å². The number of carbonyl (C=O) groups is 1. The molecule has 0 unspecified atom stereocenters. The molecule has 0 radical (unpaired) electrons. The standard InChI is InChI=1S/C16H18N2O4S/c1-11-8-14(23(17,20)21)9-15(12(11)2)18-16(19)22-10-13-6-4-3-5-7-13/h3-9H,10H2,1-2H3,(H,18,19)(H2,17,20,21). The highest BCUT2D eigenvalue weighted by Crippen LogP contribution is 2.23. The Bertz CT molecular complexity index is 817. The Morgan fingerprint density at radius 1 is 1.17 bits per heavy atom. The molecule has 3 N–H and O–H groups in total. The molecule has 0 aliphatic heterocycles. The number of aryl methyl sites for hydroxylation is 1. The summed E-state index contributed by atoms with van der Waals surface area (Å²) in [6.07, 6.45) is -0.664. The minimum Gasteiger partial charge on any atom is -0.444 e. The second-order valence-corrected chi connectivity index (χ2v) is 6.71. The predicted molar refractivity (Wildman–Crippen MR) is 87.5 cm³/mol. The smallest absolute Gasteiger partial charge is 0.411 e. The largest absolute Gasteiger partial charge is 0.444 e. The van der Waals surface area contributed by atoms with Gasteiger partial charge >= 0.3 is 6.09 Å². The molecule has 0 aliphatic carbocycles. The highest BCUT2D eigenvalue weighted by Gasteiger charge is 2.14. The number of nitrogens with two attached hydrogens (primary N) is 1. The summed E-state index contributed by atoms with van der Waals surface area (Å²) in [5.41, 5.74) is 2.66. The average Bonchev–Trinajstić information content (AvgIpc) is 2.49. The first-order valence-corrected chi connectivity index (χ1v) is 8.44. The third-order valence-electron chi connectivity index (χ3n) is 3.42. The SMILES string of the molecule is Cc1cc(S(N)(=O)=O)cc(NC(=O)OCc2ccccc2)c1C. The molecule has 0 fully saturated rings. The number of rotatable bonds is 4. The number of sulfonamides is 1. The molecule has 2 aromatic rings. The molecule has 1 amide bonds. The van der Waals surface area contributed by atoms with Crippen molar-refractivity contribution < 1.29 is 17.9 Å². The summed E-state index contributed by atoms with van der Waals surface area (Å²) in [6.45, 7) is 3.64. The fourth-order valence-electron chi connectivity index (χ4n) is 1.99. The van der Waals surface area contributed by atoms with Crippen molar-refractivity contribution in [1.82, 2.24) is 0 Å². The Morgan fingerprint density at radius 3 is 2.43 bits per heavy atom. The van der Waals surface area contributed by atoms with Gasteiger partial charge in [-0.25, -0.2) is 18.4 Å². The van der Waals surface area contributed by atoms with E-state index in [1.165, 1.54) is 12.1 Å². The average molecular weight is 334 g/mol. The normalized spacial score (nSPS) is 11.1. The zero-order valence-electron chi connectivity index (χ0n) is 12.9. The fraction of sp³-hybridized carbons (Fsp3) is 0.188. The zero-order chi connectivity index (χ0) is 17.0. The monoisotopic (exact) mass is 334 g/mol. The summed E-state index contributed by atoms with van der Waals surface area (Å²) in [6, 6.07) is 12.0. The predicted octanol–water partition coefficient (Wildman–Crippen LogP) is 2.70. The van der Waals surface area contributed by atoms with E-state index in [4.69, 9.17) is 9.88 Å². The molecule has 0 bridgehead atoms. The minimum absolute atomic E-state index is 0.0565. The van der Waals surface area contributed by atoms with Gasteiger partial charge in [-0.3, -0.25) is 5.32 Å². The van der Waals surface area contributed by atoms with E-state index < -0.39 is 16.1 Å². The van der Waals surface area contributed by atoms with Crippen LogP contribution in [0.25, 0.3) is 0 Å². The lowest BCUT2D eigenvalue weighted by Crippen LogP contribution is -2.17.